The van der Waals surface area contributed by atoms with Crippen LogP contribution < -0.4 is 5.32 Å². The highest BCUT2D eigenvalue weighted by molar-refractivity contribution is 5.94. The smallest absolute Gasteiger partial charge is 0.253 e. The maximum absolute atomic E-state index is 13.0. The van der Waals surface area contributed by atoms with E-state index in [0.717, 1.165) is 24.7 Å². The predicted molar refractivity (Wildman–Crippen MR) is 128 cm³/mol. The van der Waals surface area contributed by atoms with Crippen LogP contribution in [0.15, 0.2) is 36.8 Å². The van der Waals surface area contributed by atoms with E-state index in [2.05, 4.69) is 27.2 Å². The lowest BCUT2D eigenvalue weighted by molar-refractivity contribution is 0.0852. The summed E-state index contributed by atoms with van der Waals surface area (Å²) in [6, 6.07) is 5.83. The summed E-state index contributed by atoms with van der Waals surface area (Å²) in [5.74, 6) is 2.14. The van der Waals surface area contributed by atoms with Crippen LogP contribution in [0.5, 0.6) is 0 Å². The van der Waals surface area contributed by atoms with Crippen LogP contribution in [0.2, 0.25) is 0 Å². The quantitative estimate of drug-likeness (QED) is 0.570. The van der Waals surface area contributed by atoms with Crippen LogP contribution in [0.4, 0.5) is 0 Å². The molecule has 2 aliphatic rings. The zero-order valence-corrected chi connectivity index (χ0v) is 19.6. The summed E-state index contributed by atoms with van der Waals surface area (Å²) in [5.41, 5.74) is 0.624. The molecule has 174 valence electrons. The van der Waals surface area contributed by atoms with Gasteiger partial charge in [-0.2, -0.15) is 5.10 Å². The molecule has 2 unspecified atom stereocenters. The van der Waals surface area contributed by atoms with Gasteiger partial charge in [-0.1, -0.05) is 39.0 Å². The van der Waals surface area contributed by atoms with E-state index < -0.39 is 0 Å². The van der Waals surface area contributed by atoms with Crippen LogP contribution in [0.25, 0.3) is 5.82 Å². The molecule has 6 heteroatoms. The number of piperidine rings is 1. The van der Waals surface area contributed by atoms with Gasteiger partial charge in [0.25, 0.3) is 5.91 Å². The minimum atomic E-state index is -0.00231. The number of unbranched alkanes of at least 4 members (excludes halogenated alkanes) is 2. The Labute approximate surface area is 192 Å². The van der Waals surface area contributed by atoms with Gasteiger partial charge in [0.05, 0.1) is 5.56 Å². The van der Waals surface area contributed by atoms with Crippen LogP contribution in [0, 0.1) is 11.8 Å². The minimum Gasteiger partial charge on any atom is -0.349 e. The topological polar surface area (TPSA) is 63.1 Å². The van der Waals surface area contributed by atoms with E-state index in [0.29, 0.717) is 11.5 Å². The lowest BCUT2D eigenvalue weighted by Crippen LogP contribution is -2.48. The van der Waals surface area contributed by atoms with Crippen LogP contribution in [-0.2, 0) is 0 Å². The average molecular weight is 438 g/mol. The standard InChI is InChI=1S/C26H39N5O/c1-2-3-4-9-21-10-7-16-30(19-21)20-23-11-5-6-12-24(23)29-26(32)22-13-14-25(27-18-22)31-17-8-15-28-31/h8,13-15,17-18,21,23-24H,2-7,9-12,16,19-20H2,1H3,(H,29,32)/t21?,23-,24?/m0/s1. The Bertz CT molecular complexity index is 819. The summed E-state index contributed by atoms with van der Waals surface area (Å²) in [7, 11) is 0. The number of likely N-dealkylation sites (tertiary alicyclic amines) is 1. The summed E-state index contributed by atoms with van der Waals surface area (Å²) in [4.78, 5) is 20.1. The van der Waals surface area contributed by atoms with E-state index in [1.165, 1.54) is 70.9 Å². The van der Waals surface area contributed by atoms with Crippen molar-refractivity contribution >= 4 is 5.91 Å². The predicted octanol–water partition coefficient (Wildman–Crippen LogP) is 4.85. The molecule has 3 atom stereocenters. The molecule has 32 heavy (non-hydrogen) atoms. The highest BCUT2D eigenvalue weighted by Crippen LogP contribution is 2.28. The first kappa shape index (κ1) is 23.0. The van der Waals surface area contributed by atoms with Gasteiger partial charge in [0, 0.05) is 37.7 Å². The summed E-state index contributed by atoms with van der Waals surface area (Å²) >= 11 is 0. The fourth-order valence-electron chi connectivity index (χ4n) is 5.50. The SMILES string of the molecule is CCCCCC1CCCN(C[C@@H]2CCCCC2NC(=O)c2ccc(-n3cccn3)nc2)C1. The molecule has 2 aromatic heterocycles. The van der Waals surface area contributed by atoms with Gasteiger partial charge in [0.15, 0.2) is 5.82 Å². The molecule has 1 aliphatic heterocycles. The number of amides is 1. The van der Waals surface area contributed by atoms with Gasteiger partial charge in [-0.05, 0) is 68.7 Å². The van der Waals surface area contributed by atoms with Gasteiger partial charge >= 0.3 is 0 Å². The molecule has 1 aliphatic carbocycles. The Balaban J connectivity index is 1.31. The lowest BCUT2D eigenvalue weighted by Gasteiger charge is -2.39. The molecular formula is C26H39N5O. The molecule has 2 aromatic rings. The number of hydrogen-bond donors (Lipinski definition) is 1. The van der Waals surface area contributed by atoms with E-state index in [1.807, 2.05) is 24.4 Å². The lowest BCUT2D eigenvalue weighted by atomic mass is 9.83. The third kappa shape index (κ3) is 6.18. The number of nitrogens with one attached hydrogen (secondary N) is 1. The Morgan fingerprint density at radius 1 is 1.16 bits per heavy atom. The zero-order valence-electron chi connectivity index (χ0n) is 19.6. The first-order valence-corrected chi connectivity index (χ1v) is 12.7. The molecule has 6 nitrogen and oxygen atoms in total. The molecule has 0 aromatic carbocycles. The van der Waals surface area contributed by atoms with Crippen molar-refractivity contribution in [3.63, 3.8) is 0 Å². The Hall–Kier alpha value is -2.21. The minimum absolute atomic E-state index is 0.00231. The van der Waals surface area contributed by atoms with Crippen molar-refractivity contribution in [3.8, 4) is 5.82 Å². The van der Waals surface area contributed by atoms with Crippen LogP contribution >= 0.6 is 0 Å². The van der Waals surface area contributed by atoms with Crippen molar-refractivity contribution in [1.82, 2.24) is 25.0 Å². The van der Waals surface area contributed by atoms with Crippen molar-refractivity contribution < 1.29 is 4.79 Å². The molecule has 4 rings (SSSR count). The van der Waals surface area contributed by atoms with E-state index >= 15 is 0 Å². The van der Waals surface area contributed by atoms with Gasteiger partial charge in [-0.25, -0.2) is 9.67 Å². The maximum Gasteiger partial charge on any atom is 0.253 e. The Kier molecular flexibility index (Phi) is 8.32. The van der Waals surface area contributed by atoms with Crippen LogP contribution in [0.3, 0.4) is 0 Å². The molecule has 1 amide bonds. The molecule has 1 N–H and O–H groups in total. The summed E-state index contributed by atoms with van der Waals surface area (Å²) < 4.78 is 1.70. The number of carbonyl (C=O) groups excluding carboxylic acids is 1. The molecule has 0 radical (unpaired) electrons. The van der Waals surface area contributed by atoms with Gasteiger partial charge in [-0.15, -0.1) is 0 Å². The first-order chi connectivity index (χ1) is 15.7. The maximum atomic E-state index is 13.0. The van der Waals surface area contributed by atoms with E-state index in [-0.39, 0.29) is 11.9 Å². The monoisotopic (exact) mass is 437 g/mol. The Morgan fingerprint density at radius 2 is 2.06 bits per heavy atom. The number of carbonyl (C=O) groups is 1. The molecule has 0 spiro atoms. The van der Waals surface area contributed by atoms with Gasteiger partial charge in [-0.3, -0.25) is 4.79 Å². The van der Waals surface area contributed by atoms with E-state index in [1.54, 1.807) is 17.1 Å². The van der Waals surface area contributed by atoms with E-state index in [9.17, 15) is 4.79 Å². The second-order valence-electron chi connectivity index (χ2n) is 9.74. The summed E-state index contributed by atoms with van der Waals surface area (Å²) in [6.07, 6.45) is 18.2. The first-order valence-electron chi connectivity index (χ1n) is 12.7. The summed E-state index contributed by atoms with van der Waals surface area (Å²) in [6.45, 7) is 5.89. The molecule has 3 heterocycles. The molecule has 1 saturated carbocycles. The summed E-state index contributed by atoms with van der Waals surface area (Å²) in [5, 5.41) is 7.55. The highest BCUT2D eigenvalue weighted by atomic mass is 16.1. The number of hydrogen-bond acceptors (Lipinski definition) is 4. The highest BCUT2D eigenvalue weighted by Gasteiger charge is 2.30. The Morgan fingerprint density at radius 3 is 2.84 bits per heavy atom. The van der Waals surface area contributed by atoms with Gasteiger partial charge < -0.3 is 10.2 Å². The number of pyridine rings is 1. The third-order valence-corrected chi connectivity index (χ3v) is 7.29. The van der Waals surface area contributed by atoms with Crippen LogP contribution in [0.1, 0.15) is 81.5 Å². The van der Waals surface area contributed by atoms with Gasteiger partial charge in [0.2, 0.25) is 0 Å². The second-order valence-corrected chi connectivity index (χ2v) is 9.74. The van der Waals surface area contributed by atoms with Crippen molar-refractivity contribution in [2.24, 2.45) is 11.8 Å². The largest absolute Gasteiger partial charge is 0.349 e. The van der Waals surface area contributed by atoms with Gasteiger partial charge in [0.1, 0.15) is 0 Å². The fourth-order valence-corrected chi connectivity index (χ4v) is 5.50. The molecular weight excluding hydrogens is 398 g/mol. The van der Waals surface area contributed by atoms with E-state index in [4.69, 9.17) is 0 Å². The molecule has 1 saturated heterocycles. The zero-order chi connectivity index (χ0) is 22.2. The van der Waals surface area contributed by atoms with Crippen molar-refractivity contribution in [1.29, 1.82) is 0 Å². The molecule has 0 bridgehead atoms. The average Bonchev–Trinajstić information content (AvgIpc) is 3.36. The van der Waals surface area contributed by atoms with Crippen molar-refractivity contribution in [2.75, 3.05) is 19.6 Å². The third-order valence-electron chi connectivity index (χ3n) is 7.29. The number of rotatable bonds is 9. The van der Waals surface area contributed by atoms with Crippen molar-refractivity contribution in [3.05, 3.63) is 42.4 Å². The second kappa shape index (κ2) is 11.6. The molecule has 2 fully saturated rings. The number of aromatic nitrogens is 3. The van der Waals surface area contributed by atoms with Crippen LogP contribution in [-0.4, -0.2) is 51.2 Å². The fraction of sp³-hybridized carbons (Fsp3) is 0.654. The van der Waals surface area contributed by atoms with Crippen molar-refractivity contribution in [2.45, 2.75) is 77.2 Å². The number of nitrogens with zero attached hydrogens (tertiary/aromatic N) is 4. The normalized spacial score (nSPS) is 24.3.